The van der Waals surface area contributed by atoms with Gasteiger partial charge in [-0.3, -0.25) is 4.79 Å². The highest BCUT2D eigenvalue weighted by atomic mass is 32.2. The van der Waals surface area contributed by atoms with Gasteiger partial charge in [0, 0.05) is 12.7 Å². The van der Waals surface area contributed by atoms with E-state index in [2.05, 4.69) is 15.3 Å². The van der Waals surface area contributed by atoms with Crippen LogP contribution in [0.3, 0.4) is 0 Å². The molecule has 0 spiro atoms. The molecule has 1 aliphatic rings. The summed E-state index contributed by atoms with van der Waals surface area (Å²) < 4.78 is 24.6. The summed E-state index contributed by atoms with van der Waals surface area (Å²) in [5.41, 5.74) is 0.787. The van der Waals surface area contributed by atoms with Crippen molar-refractivity contribution in [2.24, 2.45) is 0 Å². The molecule has 0 saturated carbocycles. The molecule has 0 bridgehead atoms. The van der Waals surface area contributed by atoms with Crippen LogP contribution < -0.4 is 5.32 Å². The Balaban J connectivity index is 1.99. The minimum absolute atomic E-state index is 0.250. The lowest BCUT2D eigenvalue weighted by Crippen LogP contribution is -2.51. The first-order valence-corrected chi connectivity index (χ1v) is 8.05. The third-order valence-electron chi connectivity index (χ3n) is 3.19. The standard InChI is InChI=1S/C11H18N4O3S/c1-19(17,18)15-5-3-2-4-10(15)11(16)13-7-9-6-12-8-14-9/h6,8,10H,2-5,7H2,1H3,(H,12,14)(H,13,16). The van der Waals surface area contributed by atoms with Crippen LogP contribution in [-0.4, -0.2) is 47.4 Å². The first-order chi connectivity index (χ1) is 8.98. The quantitative estimate of drug-likeness (QED) is 0.804. The Morgan fingerprint density at radius 3 is 3.00 bits per heavy atom. The molecule has 2 N–H and O–H groups in total. The number of hydrogen-bond donors (Lipinski definition) is 2. The summed E-state index contributed by atoms with van der Waals surface area (Å²) in [6.45, 7) is 0.744. The van der Waals surface area contributed by atoms with Gasteiger partial charge in [-0.25, -0.2) is 13.4 Å². The molecule has 1 amide bonds. The Kier molecular flexibility index (Phi) is 4.20. The number of H-pyrrole nitrogens is 1. The molecule has 7 nitrogen and oxygen atoms in total. The number of rotatable bonds is 4. The summed E-state index contributed by atoms with van der Waals surface area (Å²) in [6, 6.07) is -0.591. The number of nitrogens with one attached hydrogen (secondary N) is 2. The summed E-state index contributed by atoms with van der Waals surface area (Å²) in [5.74, 6) is -0.250. The number of carbonyl (C=O) groups is 1. The van der Waals surface area contributed by atoms with E-state index in [9.17, 15) is 13.2 Å². The largest absolute Gasteiger partial charge is 0.349 e. The van der Waals surface area contributed by atoms with Crippen LogP contribution in [0, 0.1) is 0 Å². The molecule has 2 heterocycles. The van der Waals surface area contributed by atoms with E-state index in [0.717, 1.165) is 24.8 Å². The zero-order chi connectivity index (χ0) is 13.9. The summed E-state index contributed by atoms with van der Waals surface area (Å²) >= 11 is 0. The molecule has 1 fully saturated rings. The van der Waals surface area contributed by atoms with E-state index in [1.807, 2.05) is 0 Å². The number of piperidine rings is 1. The van der Waals surface area contributed by atoms with E-state index in [1.165, 1.54) is 10.6 Å². The Labute approximate surface area is 112 Å². The first kappa shape index (κ1) is 14.0. The van der Waals surface area contributed by atoms with Gasteiger partial charge in [0.2, 0.25) is 15.9 Å². The van der Waals surface area contributed by atoms with Gasteiger partial charge >= 0.3 is 0 Å². The lowest BCUT2D eigenvalue weighted by molar-refractivity contribution is -0.125. The SMILES string of the molecule is CS(=O)(=O)N1CCCCC1C(=O)NCc1cnc[nH]1. The molecular weight excluding hydrogens is 268 g/mol. The Morgan fingerprint density at radius 2 is 2.37 bits per heavy atom. The van der Waals surface area contributed by atoms with Crippen molar-refractivity contribution in [3.8, 4) is 0 Å². The second-order valence-electron chi connectivity index (χ2n) is 4.68. The molecule has 1 aromatic heterocycles. The molecule has 8 heteroatoms. The fourth-order valence-corrected chi connectivity index (χ4v) is 3.37. The van der Waals surface area contributed by atoms with Crippen LogP contribution in [0.5, 0.6) is 0 Å². The summed E-state index contributed by atoms with van der Waals surface area (Å²) in [4.78, 5) is 18.8. The maximum absolute atomic E-state index is 12.1. The van der Waals surface area contributed by atoms with E-state index < -0.39 is 16.1 Å². The first-order valence-electron chi connectivity index (χ1n) is 6.20. The summed E-state index contributed by atoms with van der Waals surface area (Å²) in [5, 5.41) is 2.74. The van der Waals surface area contributed by atoms with Gasteiger partial charge in [0.15, 0.2) is 0 Å². The van der Waals surface area contributed by atoms with E-state index in [1.54, 1.807) is 6.20 Å². The van der Waals surface area contributed by atoms with E-state index in [-0.39, 0.29) is 5.91 Å². The maximum Gasteiger partial charge on any atom is 0.238 e. The monoisotopic (exact) mass is 286 g/mol. The minimum Gasteiger partial charge on any atom is -0.349 e. The van der Waals surface area contributed by atoms with Crippen molar-refractivity contribution in [3.63, 3.8) is 0 Å². The van der Waals surface area contributed by atoms with Crippen LogP contribution >= 0.6 is 0 Å². The number of aromatic amines is 1. The molecular formula is C11H18N4O3S. The van der Waals surface area contributed by atoms with Crippen LogP contribution in [-0.2, 0) is 21.4 Å². The van der Waals surface area contributed by atoms with Crippen molar-refractivity contribution < 1.29 is 13.2 Å². The molecule has 106 valence electrons. The fraction of sp³-hybridized carbons (Fsp3) is 0.636. The van der Waals surface area contributed by atoms with Crippen molar-refractivity contribution >= 4 is 15.9 Å². The van der Waals surface area contributed by atoms with Gasteiger partial charge in [-0.05, 0) is 12.8 Å². The molecule has 1 aliphatic heterocycles. The molecule has 1 unspecified atom stereocenters. The topological polar surface area (TPSA) is 95.2 Å². The highest BCUT2D eigenvalue weighted by Crippen LogP contribution is 2.19. The number of hydrogen-bond acceptors (Lipinski definition) is 4. The van der Waals surface area contributed by atoms with Gasteiger partial charge in [0.25, 0.3) is 0 Å². The van der Waals surface area contributed by atoms with E-state index in [4.69, 9.17) is 0 Å². The minimum atomic E-state index is -3.34. The highest BCUT2D eigenvalue weighted by Gasteiger charge is 2.34. The maximum atomic E-state index is 12.1. The van der Waals surface area contributed by atoms with Crippen LogP contribution in [0.25, 0.3) is 0 Å². The molecule has 0 aliphatic carbocycles. The van der Waals surface area contributed by atoms with Crippen molar-refractivity contribution in [2.75, 3.05) is 12.8 Å². The van der Waals surface area contributed by atoms with Crippen molar-refractivity contribution in [2.45, 2.75) is 31.8 Å². The molecule has 0 aromatic carbocycles. The zero-order valence-corrected chi connectivity index (χ0v) is 11.6. The lowest BCUT2D eigenvalue weighted by Gasteiger charge is -2.32. The number of aromatic nitrogens is 2. The molecule has 2 rings (SSSR count). The molecule has 0 radical (unpaired) electrons. The number of amides is 1. The number of carbonyl (C=O) groups excluding carboxylic acids is 1. The summed E-state index contributed by atoms with van der Waals surface area (Å²) in [6.07, 6.45) is 6.54. The predicted octanol–water partition coefficient (Wildman–Crippen LogP) is -0.160. The van der Waals surface area contributed by atoms with Crippen molar-refractivity contribution in [1.29, 1.82) is 0 Å². The van der Waals surface area contributed by atoms with Gasteiger partial charge in [-0.1, -0.05) is 6.42 Å². The smallest absolute Gasteiger partial charge is 0.238 e. The predicted molar refractivity (Wildman–Crippen MR) is 69.6 cm³/mol. The second-order valence-corrected chi connectivity index (χ2v) is 6.61. The fourth-order valence-electron chi connectivity index (χ4n) is 2.25. The molecule has 1 saturated heterocycles. The Morgan fingerprint density at radius 1 is 1.58 bits per heavy atom. The van der Waals surface area contributed by atoms with Crippen molar-refractivity contribution in [3.05, 3.63) is 18.2 Å². The Bertz CT molecular complexity index is 526. The highest BCUT2D eigenvalue weighted by molar-refractivity contribution is 7.88. The lowest BCUT2D eigenvalue weighted by atomic mass is 10.0. The van der Waals surface area contributed by atoms with Gasteiger partial charge in [-0.2, -0.15) is 4.31 Å². The zero-order valence-electron chi connectivity index (χ0n) is 10.8. The van der Waals surface area contributed by atoms with Crippen molar-refractivity contribution in [1.82, 2.24) is 19.6 Å². The molecule has 1 atom stereocenters. The third kappa shape index (κ3) is 3.54. The number of imidazole rings is 1. The Hall–Kier alpha value is -1.41. The number of nitrogens with zero attached hydrogens (tertiary/aromatic N) is 2. The van der Waals surface area contributed by atoms with Crippen LogP contribution in [0.1, 0.15) is 25.0 Å². The van der Waals surface area contributed by atoms with Gasteiger partial charge in [0.1, 0.15) is 6.04 Å². The molecule has 1 aromatic rings. The average molecular weight is 286 g/mol. The van der Waals surface area contributed by atoms with Crippen LogP contribution in [0.2, 0.25) is 0 Å². The third-order valence-corrected chi connectivity index (χ3v) is 4.48. The van der Waals surface area contributed by atoms with E-state index >= 15 is 0 Å². The number of sulfonamides is 1. The second kappa shape index (κ2) is 5.70. The van der Waals surface area contributed by atoms with Crippen LogP contribution in [0.15, 0.2) is 12.5 Å². The van der Waals surface area contributed by atoms with Gasteiger partial charge in [-0.15, -0.1) is 0 Å². The van der Waals surface area contributed by atoms with Gasteiger partial charge < -0.3 is 10.3 Å². The summed E-state index contributed by atoms with van der Waals surface area (Å²) in [7, 11) is -3.34. The normalized spacial score (nSPS) is 21.2. The van der Waals surface area contributed by atoms with E-state index in [0.29, 0.717) is 19.5 Å². The van der Waals surface area contributed by atoms with Gasteiger partial charge in [0.05, 0.1) is 24.8 Å². The molecule has 19 heavy (non-hydrogen) atoms. The van der Waals surface area contributed by atoms with Crippen LogP contribution in [0.4, 0.5) is 0 Å². The average Bonchev–Trinajstić information content (AvgIpc) is 2.88.